The Morgan fingerprint density at radius 3 is 2.68 bits per heavy atom. The van der Waals surface area contributed by atoms with E-state index in [-0.39, 0.29) is 0 Å². The van der Waals surface area contributed by atoms with Crippen molar-refractivity contribution in [1.82, 2.24) is 4.98 Å². The predicted octanol–water partition coefficient (Wildman–Crippen LogP) is 4.34. The number of hydrogen-bond donors (Lipinski definition) is 1. The Morgan fingerprint density at radius 2 is 2.05 bits per heavy atom. The second-order valence-corrected chi connectivity index (χ2v) is 5.00. The minimum atomic E-state index is 0.651. The van der Waals surface area contributed by atoms with Crippen molar-refractivity contribution in [3.63, 3.8) is 0 Å². The Bertz CT molecular complexity index is 611. The highest BCUT2D eigenvalue weighted by Gasteiger charge is 2.15. The molecule has 1 heterocycles. The van der Waals surface area contributed by atoms with Crippen LogP contribution in [0.15, 0.2) is 12.1 Å². The molecular weight excluding hydrogens is 260 g/mol. The molecule has 0 unspecified atom stereocenters. The van der Waals surface area contributed by atoms with Crippen LogP contribution in [-0.4, -0.2) is 18.6 Å². The van der Waals surface area contributed by atoms with E-state index >= 15 is 0 Å². The van der Waals surface area contributed by atoms with E-state index in [1.807, 2.05) is 19.1 Å². The Balaban J connectivity index is 2.80. The normalized spacial score (nSPS) is 10.8. The topological polar surface area (TPSA) is 34.2 Å². The van der Waals surface area contributed by atoms with E-state index in [0.717, 1.165) is 46.6 Å². The van der Waals surface area contributed by atoms with Crippen molar-refractivity contribution in [2.75, 3.05) is 19.0 Å². The van der Waals surface area contributed by atoms with Crippen molar-refractivity contribution in [2.24, 2.45) is 0 Å². The summed E-state index contributed by atoms with van der Waals surface area (Å²) in [5, 5.41) is 5.09. The van der Waals surface area contributed by atoms with Gasteiger partial charge >= 0.3 is 0 Å². The Labute approximate surface area is 118 Å². The van der Waals surface area contributed by atoms with Gasteiger partial charge in [-0.15, -0.1) is 0 Å². The van der Waals surface area contributed by atoms with Crippen LogP contribution in [0.25, 0.3) is 10.9 Å². The maximum absolute atomic E-state index is 6.27. The Kier molecular flexibility index (Phi) is 4.15. The number of nitrogens with one attached hydrogen (secondary N) is 1. The molecule has 0 bridgehead atoms. The first-order chi connectivity index (χ1) is 9.10. The number of ether oxygens (including phenoxy) is 1. The third kappa shape index (κ3) is 2.47. The van der Waals surface area contributed by atoms with Crippen LogP contribution < -0.4 is 10.1 Å². The second kappa shape index (κ2) is 5.66. The SMILES string of the molecule is CCCNc1c(C)c(C)nc2c(Cl)ccc(OC)c12. The molecule has 19 heavy (non-hydrogen) atoms. The van der Waals surface area contributed by atoms with Gasteiger partial charge in [0.2, 0.25) is 0 Å². The summed E-state index contributed by atoms with van der Waals surface area (Å²) in [5.41, 5.74) is 3.99. The molecule has 0 amide bonds. The molecule has 0 aliphatic rings. The van der Waals surface area contributed by atoms with Gasteiger partial charge in [-0.3, -0.25) is 4.98 Å². The molecule has 1 aromatic heterocycles. The van der Waals surface area contributed by atoms with Crippen molar-refractivity contribution in [2.45, 2.75) is 27.2 Å². The number of pyridine rings is 1. The number of nitrogens with zero attached hydrogens (tertiary/aromatic N) is 1. The molecule has 2 aromatic rings. The van der Waals surface area contributed by atoms with E-state index in [9.17, 15) is 0 Å². The minimum Gasteiger partial charge on any atom is -0.496 e. The zero-order chi connectivity index (χ0) is 14.0. The number of rotatable bonds is 4. The van der Waals surface area contributed by atoms with Gasteiger partial charge in [0.05, 0.1) is 28.7 Å². The third-order valence-electron chi connectivity index (χ3n) is 3.31. The number of aromatic nitrogens is 1. The molecule has 0 saturated heterocycles. The summed E-state index contributed by atoms with van der Waals surface area (Å²) in [6.45, 7) is 7.12. The maximum Gasteiger partial charge on any atom is 0.130 e. The highest BCUT2D eigenvalue weighted by Crippen LogP contribution is 2.38. The summed E-state index contributed by atoms with van der Waals surface area (Å²) in [6.07, 6.45) is 1.06. The zero-order valence-electron chi connectivity index (χ0n) is 11.8. The van der Waals surface area contributed by atoms with Gasteiger partial charge < -0.3 is 10.1 Å². The van der Waals surface area contributed by atoms with Crippen molar-refractivity contribution in [3.8, 4) is 5.75 Å². The summed E-state index contributed by atoms with van der Waals surface area (Å²) < 4.78 is 5.46. The number of halogens is 1. The number of fused-ring (bicyclic) bond motifs is 1. The summed E-state index contributed by atoms with van der Waals surface area (Å²) in [4.78, 5) is 4.60. The lowest BCUT2D eigenvalue weighted by Crippen LogP contribution is -2.05. The van der Waals surface area contributed by atoms with Gasteiger partial charge in [0.15, 0.2) is 0 Å². The molecule has 0 fully saturated rings. The standard InChI is InChI=1S/C15H19ClN2O/c1-5-8-17-14-9(2)10(3)18-15-11(16)6-7-12(19-4)13(14)15/h6-7H,5,8H2,1-4H3,(H,17,18). The average Bonchev–Trinajstić information content (AvgIpc) is 2.41. The molecule has 0 atom stereocenters. The van der Waals surface area contributed by atoms with Crippen molar-refractivity contribution >= 4 is 28.2 Å². The van der Waals surface area contributed by atoms with E-state index in [1.54, 1.807) is 7.11 Å². The molecule has 0 spiro atoms. The number of benzene rings is 1. The number of aryl methyl sites for hydroxylation is 1. The molecule has 4 heteroatoms. The fraction of sp³-hybridized carbons (Fsp3) is 0.400. The maximum atomic E-state index is 6.27. The molecule has 1 N–H and O–H groups in total. The minimum absolute atomic E-state index is 0.651. The quantitative estimate of drug-likeness (QED) is 0.903. The van der Waals surface area contributed by atoms with Crippen LogP contribution in [0.5, 0.6) is 5.75 Å². The Hall–Kier alpha value is -1.48. The summed E-state index contributed by atoms with van der Waals surface area (Å²) in [5.74, 6) is 0.800. The number of hydrogen-bond acceptors (Lipinski definition) is 3. The monoisotopic (exact) mass is 278 g/mol. The first-order valence-electron chi connectivity index (χ1n) is 6.47. The average molecular weight is 279 g/mol. The number of anilines is 1. The van der Waals surface area contributed by atoms with Gasteiger partial charge in [0.1, 0.15) is 5.75 Å². The van der Waals surface area contributed by atoms with Crippen LogP contribution in [0.1, 0.15) is 24.6 Å². The summed E-state index contributed by atoms with van der Waals surface area (Å²) in [6, 6.07) is 3.71. The lowest BCUT2D eigenvalue weighted by Gasteiger charge is -2.17. The van der Waals surface area contributed by atoms with Gasteiger partial charge in [-0.2, -0.15) is 0 Å². The number of methoxy groups -OCH3 is 1. The molecule has 3 nitrogen and oxygen atoms in total. The fourth-order valence-electron chi connectivity index (χ4n) is 2.16. The molecular formula is C15H19ClN2O. The summed E-state index contributed by atoms with van der Waals surface area (Å²) in [7, 11) is 1.67. The van der Waals surface area contributed by atoms with Crippen LogP contribution in [0, 0.1) is 13.8 Å². The van der Waals surface area contributed by atoms with Crippen LogP contribution >= 0.6 is 11.6 Å². The second-order valence-electron chi connectivity index (χ2n) is 4.60. The highest BCUT2D eigenvalue weighted by atomic mass is 35.5. The summed E-state index contributed by atoms with van der Waals surface area (Å²) >= 11 is 6.27. The lowest BCUT2D eigenvalue weighted by molar-refractivity contribution is 0.420. The van der Waals surface area contributed by atoms with Crippen LogP contribution in [0.4, 0.5) is 5.69 Å². The van der Waals surface area contributed by atoms with E-state index < -0.39 is 0 Å². The van der Waals surface area contributed by atoms with Gasteiger partial charge in [-0.1, -0.05) is 18.5 Å². The first-order valence-corrected chi connectivity index (χ1v) is 6.85. The molecule has 1 aromatic carbocycles. The smallest absolute Gasteiger partial charge is 0.130 e. The molecule has 0 saturated carbocycles. The molecule has 2 rings (SSSR count). The van der Waals surface area contributed by atoms with Gasteiger partial charge in [-0.25, -0.2) is 0 Å². The molecule has 0 aliphatic carbocycles. The van der Waals surface area contributed by atoms with Crippen LogP contribution in [0.3, 0.4) is 0 Å². The molecule has 102 valence electrons. The highest BCUT2D eigenvalue weighted by molar-refractivity contribution is 6.35. The van der Waals surface area contributed by atoms with Crippen molar-refractivity contribution in [3.05, 3.63) is 28.4 Å². The van der Waals surface area contributed by atoms with Gasteiger partial charge in [-0.05, 0) is 38.0 Å². The van der Waals surface area contributed by atoms with Crippen molar-refractivity contribution in [1.29, 1.82) is 0 Å². The third-order valence-corrected chi connectivity index (χ3v) is 3.61. The van der Waals surface area contributed by atoms with Crippen LogP contribution in [0.2, 0.25) is 5.02 Å². The van der Waals surface area contributed by atoms with Gasteiger partial charge in [0, 0.05) is 12.2 Å². The Morgan fingerprint density at radius 1 is 1.32 bits per heavy atom. The van der Waals surface area contributed by atoms with E-state index in [4.69, 9.17) is 16.3 Å². The van der Waals surface area contributed by atoms with Gasteiger partial charge in [0.25, 0.3) is 0 Å². The van der Waals surface area contributed by atoms with E-state index in [2.05, 4.69) is 24.1 Å². The van der Waals surface area contributed by atoms with Crippen LogP contribution in [-0.2, 0) is 0 Å². The first kappa shape index (κ1) is 13.9. The largest absolute Gasteiger partial charge is 0.496 e. The van der Waals surface area contributed by atoms with Crippen molar-refractivity contribution < 1.29 is 4.74 Å². The lowest BCUT2D eigenvalue weighted by atomic mass is 10.1. The molecule has 0 radical (unpaired) electrons. The molecule has 0 aliphatic heterocycles. The van der Waals surface area contributed by atoms with E-state index in [0.29, 0.717) is 5.02 Å². The fourth-order valence-corrected chi connectivity index (χ4v) is 2.36. The zero-order valence-corrected chi connectivity index (χ0v) is 12.6. The predicted molar refractivity (Wildman–Crippen MR) is 81.6 cm³/mol. The van der Waals surface area contributed by atoms with E-state index in [1.165, 1.54) is 0 Å².